The number of halogens is 2. The highest BCUT2D eigenvalue weighted by molar-refractivity contribution is 6.36. The number of benzene rings is 1. The van der Waals surface area contributed by atoms with E-state index in [0.29, 0.717) is 28.8 Å². The third-order valence-electron chi connectivity index (χ3n) is 2.52. The van der Waals surface area contributed by atoms with Gasteiger partial charge in [-0.2, -0.15) is 0 Å². The van der Waals surface area contributed by atoms with E-state index in [-0.39, 0.29) is 18.5 Å². The summed E-state index contributed by atoms with van der Waals surface area (Å²) in [5.74, 6) is -0.295. The number of anilines is 1. The van der Waals surface area contributed by atoms with E-state index >= 15 is 0 Å². The first-order valence-corrected chi connectivity index (χ1v) is 6.10. The van der Waals surface area contributed by atoms with Crippen LogP contribution >= 0.6 is 23.2 Å². The van der Waals surface area contributed by atoms with Gasteiger partial charge in [0.05, 0.1) is 17.3 Å². The van der Waals surface area contributed by atoms with E-state index in [4.69, 9.17) is 23.2 Å². The molecule has 1 aliphatic rings. The average Bonchev–Trinajstić information content (AvgIpc) is 2.74. The fourth-order valence-electron chi connectivity index (χ4n) is 1.61. The Balaban J connectivity index is 1.95. The smallest absolute Gasteiger partial charge is 0.324 e. The van der Waals surface area contributed by atoms with Gasteiger partial charge in [-0.15, -0.1) is 0 Å². The molecule has 96 valence electrons. The van der Waals surface area contributed by atoms with Gasteiger partial charge in [0.25, 0.3) is 0 Å². The quantitative estimate of drug-likeness (QED) is 0.893. The van der Waals surface area contributed by atoms with Crippen molar-refractivity contribution in [1.82, 2.24) is 10.2 Å². The number of hydrogen-bond acceptors (Lipinski definition) is 3. The second kappa shape index (κ2) is 5.46. The SMILES string of the molecule is O=C(CNc1ccc(Cl)cc1Cl)N1CCNC1=O. The van der Waals surface area contributed by atoms with Crippen molar-refractivity contribution < 1.29 is 9.59 Å². The van der Waals surface area contributed by atoms with E-state index in [9.17, 15) is 9.59 Å². The second-order valence-corrected chi connectivity index (χ2v) is 4.60. The molecule has 0 saturated carbocycles. The van der Waals surface area contributed by atoms with Crippen LogP contribution in [0.2, 0.25) is 10.0 Å². The molecule has 0 radical (unpaired) electrons. The van der Waals surface area contributed by atoms with Crippen molar-refractivity contribution in [3.8, 4) is 0 Å². The molecule has 1 fully saturated rings. The molecule has 0 unspecified atom stereocenters. The van der Waals surface area contributed by atoms with Crippen molar-refractivity contribution in [2.75, 3.05) is 25.0 Å². The molecule has 1 aliphatic heterocycles. The first kappa shape index (κ1) is 13.0. The highest BCUT2D eigenvalue weighted by Gasteiger charge is 2.25. The summed E-state index contributed by atoms with van der Waals surface area (Å²) in [6, 6.07) is 4.58. The normalized spacial score (nSPS) is 14.6. The molecule has 1 aromatic rings. The summed E-state index contributed by atoms with van der Waals surface area (Å²) in [4.78, 5) is 24.2. The number of carbonyl (C=O) groups excluding carboxylic acids is 2. The number of nitrogens with zero attached hydrogens (tertiary/aromatic N) is 1. The largest absolute Gasteiger partial charge is 0.375 e. The van der Waals surface area contributed by atoms with Crippen LogP contribution in [0.1, 0.15) is 0 Å². The van der Waals surface area contributed by atoms with Crippen molar-refractivity contribution in [2.24, 2.45) is 0 Å². The molecule has 2 rings (SSSR count). The number of carbonyl (C=O) groups is 2. The van der Waals surface area contributed by atoms with Crippen LogP contribution in [-0.4, -0.2) is 36.5 Å². The molecular weight excluding hydrogens is 277 g/mol. The number of amides is 3. The molecule has 0 aliphatic carbocycles. The number of urea groups is 1. The molecular formula is C11H11Cl2N3O2. The Morgan fingerprint density at radius 1 is 1.44 bits per heavy atom. The minimum absolute atomic E-state index is 0.00870. The van der Waals surface area contributed by atoms with E-state index in [1.807, 2.05) is 0 Å². The molecule has 2 N–H and O–H groups in total. The van der Waals surface area contributed by atoms with Gasteiger partial charge in [-0.3, -0.25) is 9.69 Å². The van der Waals surface area contributed by atoms with Crippen LogP contribution in [0.4, 0.5) is 10.5 Å². The van der Waals surface area contributed by atoms with Crippen LogP contribution in [0, 0.1) is 0 Å². The maximum Gasteiger partial charge on any atom is 0.324 e. The molecule has 0 atom stereocenters. The summed E-state index contributed by atoms with van der Waals surface area (Å²) in [7, 11) is 0. The third kappa shape index (κ3) is 2.86. The van der Waals surface area contributed by atoms with E-state index in [1.165, 1.54) is 0 Å². The molecule has 18 heavy (non-hydrogen) atoms. The molecule has 1 saturated heterocycles. The van der Waals surface area contributed by atoms with Gasteiger partial charge in [-0.05, 0) is 18.2 Å². The number of rotatable bonds is 3. The van der Waals surface area contributed by atoms with Gasteiger partial charge in [-0.25, -0.2) is 4.79 Å². The van der Waals surface area contributed by atoms with E-state index in [1.54, 1.807) is 18.2 Å². The Labute approximate surface area is 114 Å². The minimum atomic E-state index is -0.357. The predicted octanol–water partition coefficient (Wildman–Crippen LogP) is 1.96. The third-order valence-corrected chi connectivity index (χ3v) is 3.07. The first-order valence-electron chi connectivity index (χ1n) is 5.35. The lowest BCUT2D eigenvalue weighted by atomic mass is 10.3. The molecule has 1 heterocycles. The van der Waals surface area contributed by atoms with Gasteiger partial charge in [0.2, 0.25) is 5.91 Å². The summed E-state index contributed by atoms with van der Waals surface area (Å²) < 4.78 is 0. The Hall–Kier alpha value is -1.46. The summed E-state index contributed by atoms with van der Waals surface area (Å²) in [6.45, 7) is 0.898. The van der Waals surface area contributed by atoms with Crippen LogP contribution < -0.4 is 10.6 Å². The second-order valence-electron chi connectivity index (χ2n) is 3.76. The van der Waals surface area contributed by atoms with Gasteiger partial charge in [-0.1, -0.05) is 23.2 Å². The monoisotopic (exact) mass is 287 g/mol. The number of imide groups is 1. The molecule has 0 spiro atoms. The maximum atomic E-state index is 11.7. The highest BCUT2D eigenvalue weighted by Crippen LogP contribution is 2.25. The van der Waals surface area contributed by atoms with Gasteiger partial charge >= 0.3 is 6.03 Å². The Bertz CT molecular complexity index is 493. The summed E-state index contributed by atoms with van der Waals surface area (Å²) in [6.07, 6.45) is 0. The molecule has 1 aromatic carbocycles. The van der Waals surface area contributed by atoms with Gasteiger partial charge < -0.3 is 10.6 Å². The molecule has 0 aromatic heterocycles. The Kier molecular flexibility index (Phi) is 3.93. The summed E-state index contributed by atoms with van der Waals surface area (Å²) >= 11 is 11.7. The van der Waals surface area contributed by atoms with Crippen molar-refractivity contribution in [2.45, 2.75) is 0 Å². The van der Waals surface area contributed by atoms with Crippen LogP contribution in [0.5, 0.6) is 0 Å². The lowest BCUT2D eigenvalue weighted by Gasteiger charge is -2.13. The topological polar surface area (TPSA) is 61.4 Å². The minimum Gasteiger partial charge on any atom is -0.375 e. The van der Waals surface area contributed by atoms with E-state index in [2.05, 4.69) is 10.6 Å². The predicted molar refractivity (Wildman–Crippen MR) is 70.1 cm³/mol. The van der Waals surface area contributed by atoms with Gasteiger partial charge in [0, 0.05) is 18.1 Å². The number of hydrogen-bond donors (Lipinski definition) is 2. The lowest BCUT2D eigenvalue weighted by molar-refractivity contribution is -0.125. The molecule has 3 amide bonds. The van der Waals surface area contributed by atoms with Gasteiger partial charge in [0.1, 0.15) is 0 Å². The lowest BCUT2D eigenvalue weighted by Crippen LogP contribution is -2.38. The Morgan fingerprint density at radius 2 is 2.22 bits per heavy atom. The highest BCUT2D eigenvalue weighted by atomic mass is 35.5. The van der Waals surface area contributed by atoms with Crippen LogP contribution in [0.15, 0.2) is 18.2 Å². The summed E-state index contributed by atoms with van der Waals surface area (Å²) in [5, 5.41) is 6.39. The van der Waals surface area contributed by atoms with Crippen LogP contribution in [0.25, 0.3) is 0 Å². The average molecular weight is 288 g/mol. The molecule has 5 nitrogen and oxygen atoms in total. The van der Waals surface area contributed by atoms with E-state index < -0.39 is 0 Å². The van der Waals surface area contributed by atoms with Crippen molar-refractivity contribution in [3.05, 3.63) is 28.2 Å². The van der Waals surface area contributed by atoms with Crippen molar-refractivity contribution >= 4 is 40.8 Å². The molecule has 0 bridgehead atoms. The van der Waals surface area contributed by atoms with Crippen LogP contribution in [0.3, 0.4) is 0 Å². The van der Waals surface area contributed by atoms with Gasteiger partial charge in [0.15, 0.2) is 0 Å². The van der Waals surface area contributed by atoms with E-state index in [0.717, 1.165) is 4.90 Å². The first-order chi connectivity index (χ1) is 8.58. The summed E-state index contributed by atoms with van der Waals surface area (Å²) in [5.41, 5.74) is 0.606. The fourth-order valence-corrected chi connectivity index (χ4v) is 2.08. The number of nitrogens with one attached hydrogen (secondary N) is 2. The zero-order valence-electron chi connectivity index (χ0n) is 9.37. The standard InChI is InChI=1S/C11H11Cl2N3O2/c12-7-1-2-9(8(13)5-7)15-6-10(17)16-4-3-14-11(16)18/h1-2,5,15H,3-4,6H2,(H,14,18). The zero-order chi connectivity index (χ0) is 13.1. The zero-order valence-corrected chi connectivity index (χ0v) is 10.9. The fraction of sp³-hybridized carbons (Fsp3) is 0.273. The van der Waals surface area contributed by atoms with Crippen molar-refractivity contribution in [1.29, 1.82) is 0 Å². The Morgan fingerprint density at radius 3 is 2.83 bits per heavy atom. The van der Waals surface area contributed by atoms with Crippen molar-refractivity contribution in [3.63, 3.8) is 0 Å². The van der Waals surface area contributed by atoms with Crippen LogP contribution in [-0.2, 0) is 4.79 Å². The maximum absolute atomic E-state index is 11.7. The molecule has 7 heteroatoms.